The summed E-state index contributed by atoms with van der Waals surface area (Å²) in [6.45, 7) is 4.62. The van der Waals surface area contributed by atoms with E-state index in [1.807, 2.05) is 22.9 Å². The van der Waals surface area contributed by atoms with E-state index in [1.54, 1.807) is 4.90 Å². The molecule has 0 radical (unpaired) electrons. The summed E-state index contributed by atoms with van der Waals surface area (Å²) in [5.74, 6) is 0.0238. The van der Waals surface area contributed by atoms with Crippen molar-refractivity contribution in [3.05, 3.63) is 42.1 Å². The van der Waals surface area contributed by atoms with Gasteiger partial charge < -0.3 is 10.2 Å². The van der Waals surface area contributed by atoms with Crippen LogP contribution >= 0.6 is 0 Å². The molecule has 0 bridgehead atoms. The third-order valence-electron chi connectivity index (χ3n) is 4.77. The number of amides is 1. The zero-order chi connectivity index (χ0) is 18.4. The molecule has 0 unspecified atom stereocenters. The zero-order valence-corrected chi connectivity index (χ0v) is 15.2. The average molecular weight is 351 g/mol. The van der Waals surface area contributed by atoms with Gasteiger partial charge in [0.05, 0.1) is 18.3 Å². The third kappa shape index (κ3) is 4.30. The van der Waals surface area contributed by atoms with Crippen molar-refractivity contribution in [2.45, 2.75) is 38.8 Å². The number of rotatable bonds is 7. The molecule has 0 aliphatic carbocycles. The van der Waals surface area contributed by atoms with E-state index in [0.29, 0.717) is 13.1 Å². The van der Waals surface area contributed by atoms with Crippen molar-refractivity contribution >= 4 is 5.91 Å². The quantitative estimate of drug-likeness (QED) is 0.777. The molecule has 2 aromatic rings. The Hall–Kier alpha value is -2.65. The summed E-state index contributed by atoms with van der Waals surface area (Å²) >= 11 is 0. The molecule has 1 amide bonds. The maximum atomic E-state index is 12.2. The van der Waals surface area contributed by atoms with Crippen LogP contribution in [0.5, 0.6) is 0 Å². The fourth-order valence-electron chi connectivity index (χ4n) is 3.34. The van der Waals surface area contributed by atoms with Crippen molar-refractivity contribution in [1.82, 2.24) is 20.0 Å². The Balaban J connectivity index is 1.42. The molecule has 0 saturated carbocycles. The second kappa shape index (κ2) is 8.63. The van der Waals surface area contributed by atoms with Crippen LogP contribution in [0.4, 0.5) is 0 Å². The minimum Gasteiger partial charge on any atom is -0.326 e. The van der Waals surface area contributed by atoms with Gasteiger partial charge in [-0.15, -0.1) is 0 Å². The Morgan fingerprint density at radius 2 is 2.19 bits per heavy atom. The molecular formula is C20H25N5O. The van der Waals surface area contributed by atoms with Crippen LogP contribution in [0.15, 0.2) is 36.4 Å². The highest BCUT2D eigenvalue weighted by atomic mass is 16.2. The second-order valence-electron chi connectivity index (χ2n) is 6.66. The Morgan fingerprint density at radius 1 is 1.38 bits per heavy atom. The molecule has 3 rings (SSSR count). The van der Waals surface area contributed by atoms with E-state index in [0.717, 1.165) is 49.3 Å². The smallest absolute Gasteiger partial charge is 0.237 e. The van der Waals surface area contributed by atoms with Crippen molar-refractivity contribution < 1.29 is 4.79 Å². The summed E-state index contributed by atoms with van der Waals surface area (Å²) in [5, 5.41) is 16.9. The molecule has 1 saturated heterocycles. The largest absolute Gasteiger partial charge is 0.326 e. The molecule has 1 aromatic carbocycles. The van der Waals surface area contributed by atoms with E-state index in [-0.39, 0.29) is 11.9 Å². The van der Waals surface area contributed by atoms with E-state index in [1.165, 1.54) is 0 Å². The fourth-order valence-corrected chi connectivity index (χ4v) is 3.34. The number of benzene rings is 1. The molecule has 1 fully saturated rings. The van der Waals surface area contributed by atoms with Gasteiger partial charge in [0, 0.05) is 24.3 Å². The van der Waals surface area contributed by atoms with Gasteiger partial charge in [-0.05, 0) is 38.8 Å². The van der Waals surface area contributed by atoms with E-state index in [9.17, 15) is 4.79 Å². The number of carbonyl (C=O) groups is 1. The lowest BCUT2D eigenvalue weighted by Crippen LogP contribution is -2.40. The normalized spacial score (nSPS) is 16.6. The van der Waals surface area contributed by atoms with Crippen LogP contribution < -0.4 is 5.32 Å². The van der Waals surface area contributed by atoms with Gasteiger partial charge in [-0.25, -0.2) is 0 Å². The Morgan fingerprint density at radius 3 is 2.96 bits per heavy atom. The van der Waals surface area contributed by atoms with Crippen LogP contribution in [0.2, 0.25) is 0 Å². The number of aromatic nitrogens is 2. The predicted octanol–water partition coefficient (Wildman–Crippen LogP) is 2.35. The lowest BCUT2D eigenvalue weighted by molar-refractivity contribution is -0.130. The van der Waals surface area contributed by atoms with E-state index in [2.05, 4.69) is 41.6 Å². The summed E-state index contributed by atoms with van der Waals surface area (Å²) in [5.41, 5.74) is 3.24. The first kappa shape index (κ1) is 18.2. The van der Waals surface area contributed by atoms with Crippen LogP contribution in [-0.4, -0.2) is 46.3 Å². The summed E-state index contributed by atoms with van der Waals surface area (Å²) in [6, 6.07) is 14.2. The van der Waals surface area contributed by atoms with E-state index in [4.69, 9.17) is 5.26 Å². The number of aryl methyl sites for hydroxylation is 2. The summed E-state index contributed by atoms with van der Waals surface area (Å²) in [7, 11) is 0. The molecule has 1 aromatic heterocycles. The van der Waals surface area contributed by atoms with Crippen LogP contribution in [0.1, 0.15) is 25.0 Å². The molecule has 1 atom stereocenters. The maximum Gasteiger partial charge on any atom is 0.237 e. The number of hydrogen-bond acceptors (Lipinski definition) is 4. The van der Waals surface area contributed by atoms with Gasteiger partial charge in [0.25, 0.3) is 0 Å². The SMILES string of the molecule is Cc1cc(-c2ccccc2)nn1CCCNCC(=O)N1CCC[C@H]1C#N. The second-order valence-corrected chi connectivity index (χ2v) is 6.66. The summed E-state index contributed by atoms with van der Waals surface area (Å²) in [4.78, 5) is 13.8. The maximum absolute atomic E-state index is 12.2. The minimum absolute atomic E-state index is 0.0238. The average Bonchev–Trinajstić information content (AvgIpc) is 3.29. The van der Waals surface area contributed by atoms with Gasteiger partial charge >= 0.3 is 0 Å². The molecule has 26 heavy (non-hydrogen) atoms. The standard InChI is InChI=1S/C20H25N5O/c1-16-13-19(17-7-3-2-4-8-17)23-25(16)12-6-10-22-15-20(26)24-11-5-9-18(24)14-21/h2-4,7-8,13,18,22H,5-6,9-12,15H2,1H3/t18-/m0/s1. The number of carbonyl (C=O) groups excluding carboxylic acids is 1. The molecule has 2 heterocycles. The Bertz CT molecular complexity index is 777. The molecule has 0 spiro atoms. The first-order chi connectivity index (χ1) is 12.7. The zero-order valence-electron chi connectivity index (χ0n) is 15.2. The number of likely N-dealkylation sites (tertiary alicyclic amines) is 1. The lowest BCUT2D eigenvalue weighted by Gasteiger charge is -2.19. The number of nitriles is 1. The van der Waals surface area contributed by atoms with E-state index >= 15 is 0 Å². The van der Waals surface area contributed by atoms with Gasteiger partial charge in [-0.2, -0.15) is 10.4 Å². The fraction of sp³-hybridized carbons (Fsp3) is 0.450. The van der Waals surface area contributed by atoms with Gasteiger partial charge in [-0.3, -0.25) is 9.48 Å². The number of nitrogens with one attached hydrogen (secondary N) is 1. The Labute approximate surface area is 154 Å². The first-order valence-electron chi connectivity index (χ1n) is 9.18. The summed E-state index contributed by atoms with van der Waals surface area (Å²) < 4.78 is 2.01. The van der Waals surface area contributed by atoms with Gasteiger partial charge in [0.2, 0.25) is 5.91 Å². The van der Waals surface area contributed by atoms with Crippen LogP contribution in [0, 0.1) is 18.3 Å². The van der Waals surface area contributed by atoms with Crippen LogP contribution in [0.25, 0.3) is 11.3 Å². The van der Waals surface area contributed by atoms with Gasteiger partial charge in [0.1, 0.15) is 6.04 Å². The highest BCUT2D eigenvalue weighted by Crippen LogP contribution is 2.18. The van der Waals surface area contributed by atoms with Crippen molar-refractivity contribution in [3.8, 4) is 17.3 Å². The topological polar surface area (TPSA) is 74.0 Å². The third-order valence-corrected chi connectivity index (χ3v) is 4.77. The number of nitrogens with zero attached hydrogens (tertiary/aromatic N) is 4. The molecule has 136 valence electrons. The van der Waals surface area contributed by atoms with Gasteiger partial charge in [-0.1, -0.05) is 30.3 Å². The minimum atomic E-state index is -0.243. The monoisotopic (exact) mass is 351 g/mol. The molecule has 1 N–H and O–H groups in total. The predicted molar refractivity (Wildman–Crippen MR) is 100 cm³/mol. The Kier molecular flexibility index (Phi) is 6.03. The van der Waals surface area contributed by atoms with E-state index < -0.39 is 0 Å². The molecule has 6 nitrogen and oxygen atoms in total. The van der Waals surface area contributed by atoms with Crippen LogP contribution in [0.3, 0.4) is 0 Å². The highest BCUT2D eigenvalue weighted by Gasteiger charge is 2.27. The van der Waals surface area contributed by atoms with Crippen molar-refractivity contribution in [3.63, 3.8) is 0 Å². The highest BCUT2D eigenvalue weighted by molar-refractivity contribution is 5.79. The van der Waals surface area contributed by atoms with Crippen molar-refractivity contribution in [1.29, 1.82) is 5.26 Å². The molecule has 1 aliphatic heterocycles. The summed E-state index contributed by atoms with van der Waals surface area (Å²) in [6.07, 6.45) is 2.61. The van der Waals surface area contributed by atoms with Crippen molar-refractivity contribution in [2.24, 2.45) is 0 Å². The first-order valence-corrected chi connectivity index (χ1v) is 9.18. The number of hydrogen-bond donors (Lipinski definition) is 1. The molecule has 1 aliphatic rings. The molecule has 6 heteroatoms. The lowest BCUT2D eigenvalue weighted by atomic mass is 10.1. The van der Waals surface area contributed by atoms with Crippen molar-refractivity contribution in [2.75, 3.05) is 19.6 Å². The molecular weight excluding hydrogens is 326 g/mol. The van der Waals surface area contributed by atoms with Crippen LogP contribution in [-0.2, 0) is 11.3 Å². The van der Waals surface area contributed by atoms with Gasteiger partial charge in [0.15, 0.2) is 0 Å².